The second kappa shape index (κ2) is 3.49. The van der Waals surface area contributed by atoms with Gasteiger partial charge < -0.3 is 9.84 Å². The number of ether oxygens (including phenoxy) is 1. The Morgan fingerprint density at radius 3 is 2.71 bits per heavy atom. The van der Waals surface area contributed by atoms with Crippen molar-refractivity contribution in [1.29, 1.82) is 0 Å². The maximum absolute atomic E-state index is 10.1. The SMILES string of the molecule is CC1(C)CCc2cccc(CC3(O)CC3)c2O1. The minimum atomic E-state index is -0.444. The number of hydrogen-bond donors (Lipinski definition) is 1. The number of aliphatic hydroxyl groups is 1. The summed E-state index contributed by atoms with van der Waals surface area (Å²) in [6.45, 7) is 4.27. The number of aryl methyl sites for hydroxylation is 1. The van der Waals surface area contributed by atoms with E-state index < -0.39 is 5.60 Å². The van der Waals surface area contributed by atoms with Crippen molar-refractivity contribution >= 4 is 0 Å². The van der Waals surface area contributed by atoms with E-state index in [0.29, 0.717) is 0 Å². The summed E-state index contributed by atoms with van der Waals surface area (Å²) in [5.74, 6) is 1.03. The van der Waals surface area contributed by atoms with Crippen molar-refractivity contribution in [3.05, 3.63) is 29.3 Å². The lowest BCUT2D eigenvalue weighted by Gasteiger charge is -2.34. The van der Waals surface area contributed by atoms with E-state index in [9.17, 15) is 5.11 Å². The smallest absolute Gasteiger partial charge is 0.126 e. The topological polar surface area (TPSA) is 29.5 Å². The second-order valence-corrected chi connectivity index (χ2v) is 6.17. The van der Waals surface area contributed by atoms with Crippen molar-refractivity contribution in [1.82, 2.24) is 0 Å². The average molecular weight is 232 g/mol. The Bertz CT molecular complexity index is 444. The van der Waals surface area contributed by atoms with Crippen molar-refractivity contribution in [3.8, 4) is 5.75 Å². The van der Waals surface area contributed by atoms with E-state index >= 15 is 0 Å². The quantitative estimate of drug-likeness (QED) is 0.849. The molecule has 2 heteroatoms. The molecule has 1 N–H and O–H groups in total. The third-order valence-corrected chi connectivity index (χ3v) is 3.90. The molecule has 0 atom stereocenters. The molecule has 0 aromatic heterocycles. The van der Waals surface area contributed by atoms with Gasteiger partial charge in [-0.05, 0) is 50.7 Å². The van der Waals surface area contributed by atoms with Crippen LogP contribution in [-0.4, -0.2) is 16.3 Å². The Labute approximate surface area is 103 Å². The highest BCUT2D eigenvalue weighted by Crippen LogP contribution is 2.43. The Morgan fingerprint density at radius 1 is 1.24 bits per heavy atom. The lowest BCUT2D eigenvalue weighted by atomic mass is 9.91. The zero-order chi connectivity index (χ0) is 12.1. The number of para-hydroxylation sites is 1. The molecule has 3 rings (SSSR count). The lowest BCUT2D eigenvalue weighted by Crippen LogP contribution is -2.33. The summed E-state index contributed by atoms with van der Waals surface area (Å²) in [6.07, 6.45) is 4.74. The highest BCUT2D eigenvalue weighted by Gasteiger charge is 2.41. The van der Waals surface area contributed by atoms with E-state index in [1.165, 1.54) is 11.1 Å². The molecular formula is C15H20O2. The highest BCUT2D eigenvalue weighted by atomic mass is 16.5. The number of benzene rings is 1. The Morgan fingerprint density at radius 2 is 2.00 bits per heavy atom. The molecule has 2 aliphatic rings. The van der Waals surface area contributed by atoms with Gasteiger partial charge in [0.15, 0.2) is 0 Å². The molecule has 0 amide bonds. The molecule has 1 heterocycles. The van der Waals surface area contributed by atoms with E-state index in [-0.39, 0.29) is 5.60 Å². The standard InChI is InChI=1S/C15H20O2/c1-14(2)7-6-11-4-3-5-12(13(11)17-14)10-15(16)8-9-15/h3-5,16H,6-10H2,1-2H3. The zero-order valence-corrected chi connectivity index (χ0v) is 10.6. The van der Waals surface area contributed by atoms with Crippen LogP contribution < -0.4 is 4.74 Å². The van der Waals surface area contributed by atoms with Gasteiger partial charge >= 0.3 is 0 Å². The van der Waals surface area contributed by atoms with Gasteiger partial charge in [-0.15, -0.1) is 0 Å². The van der Waals surface area contributed by atoms with Crippen LogP contribution in [0.15, 0.2) is 18.2 Å². The molecule has 0 saturated heterocycles. The first-order valence-electron chi connectivity index (χ1n) is 6.50. The molecule has 1 saturated carbocycles. The van der Waals surface area contributed by atoms with Crippen LogP contribution in [0.25, 0.3) is 0 Å². The van der Waals surface area contributed by atoms with Crippen LogP contribution in [0.2, 0.25) is 0 Å². The third-order valence-electron chi connectivity index (χ3n) is 3.90. The van der Waals surface area contributed by atoms with Crippen LogP contribution in [0.1, 0.15) is 44.2 Å². The first-order valence-corrected chi connectivity index (χ1v) is 6.50. The van der Waals surface area contributed by atoms with Crippen molar-refractivity contribution in [2.45, 2.75) is 57.2 Å². The molecule has 2 nitrogen and oxygen atoms in total. The van der Waals surface area contributed by atoms with Gasteiger partial charge in [0.1, 0.15) is 11.4 Å². The van der Waals surface area contributed by atoms with Gasteiger partial charge in [0, 0.05) is 6.42 Å². The van der Waals surface area contributed by atoms with E-state index in [2.05, 4.69) is 32.0 Å². The van der Waals surface area contributed by atoms with Crippen molar-refractivity contribution in [2.75, 3.05) is 0 Å². The minimum Gasteiger partial charge on any atom is -0.487 e. The first-order chi connectivity index (χ1) is 7.98. The number of hydrogen-bond acceptors (Lipinski definition) is 2. The molecule has 17 heavy (non-hydrogen) atoms. The van der Waals surface area contributed by atoms with Gasteiger partial charge in [0.05, 0.1) is 5.60 Å². The van der Waals surface area contributed by atoms with E-state index in [4.69, 9.17) is 4.74 Å². The van der Waals surface area contributed by atoms with Crippen LogP contribution in [-0.2, 0) is 12.8 Å². The maximum Gasteiger partial charge on any atom is 0.126 e. The van der Waals surface area contributed by atoms with E-state index in [0.717, 1.165) is 37.9 Å². The predicted molar refractivity (Wildman–Crippen MR) is 67.4 cm³/mol. The Kier molecular flexibility index (Phi) is 2.27. The van der Waals surface area contributed by atoms with Crippen LogP contribution in [0.5, 0.6) is 5.75 Å². The predicted octanol–water partition coefficient (Wildman–Crippen LogP) is 2.86. The number of fused-ring (bicyclic) bond motifs is 1. The van der Waals surface area contributed by atoms with Gasteiger partial charge in [0.2, 0.25) is 0 Å². The van der Waals surface area contributed by atoms with Gasteiger partial charge in [-0.3, -0.25) is 0 Å². The normalized spacial score (nSPS) is 23.7. The maximum atomic E-state index is 10.1. The zero-order valence-electron chi connectivity index (χ0n) is 10.6. The van der Waals surface area contributed by atoms with E-state index in [1.54, 1.807) is 0 Å². The van der Waals surface area contributed by atoms with Crippen LogP contribution >= 0.6 is 0 Å². The fourth-order valence-corrected chi connectivity index (χ4v) is 2.54. The lowest BCUT2D eigenvalue weighted by molar-refractivity contribution is 0.0807. The van der Waals surface area contributed by atoms with Gasteiger partial charge in [-0.1, -0.05) is 18.2 Å². The molecular weight excluding hydrogens is 212 g/mol. The van der Waals surface area contributed by atoms with Gasteiger partial charge in [-0.2, -0.15) is 0 Å². The summed E-state index contributed by atoms with van der Waals surface area (Å²) in [4.78, 5) is 0. The summed E-state index contributed by atoms with van der Waals surface area (Å²) in [6, 6.07) is 6.32. The Hall–Kier alpha value is -1.02. The van der Waals surface area contributed by atoms with Crippen LogP contribution in [0, 0.1) is 0 Å². The van der Waals surface area contributed by atoms with Crippen molar-refractivity contribution in [3.63, 3.8) is 0 Å². The minimum absolute atomic E-state index is 0.0741. The van der Waals surface area contributed by atoms with E-state index in [1.807, 2.05) is 0 Å². The van der Waals surface area contributed by atoms with Crippen molar-refractivity contribution < 1.29 is 9.84 Å². The monoisotopic (exact) mass is 232 g/mol. The molecule has 0 unspecified atom stereocenters. The largest absolute Gasteiger partial charge is 0.487 e. The number of rotatable bonds is 2. The summed E-state index contributed by atoms with van der Waals surface area (Å²) in [5, 5.41) is 10.1. The molecule has 0 bridgehead atoms. The van der Waals surface area contributed by atoms with Gasteiger partial charge in [0.25, 0.3) is 0 Å². The summed E-state index contributed by atoms with van der Waals surface area (Å²) in [5.41, 5.74) is 1.95. The van der Waals surface area contributed by atoms with Crippen molar-refractivity contribution in [2.24, 2.45) is 0 Å². The summed E-state index contributed by atoms with van der Waals surface area (Å²) in [7, 11) is 0. The summed E-state index contributed by atoms with van der Waals surface area (Å²) >= 11 is 0. The first kappa shape index (κ1) is 11.1. The van der Waals surface area contributed by atoms with Crippen LogP contribution in [0.4, 0.5) is 0 Å². The average Bonchev–Trinajstić information content (AvgIpc) is 2.96. The molecule has 1 fully saturated rings. The molecule has 0 radical (unpaired) electrons. The molecule has 92 valence electrons. The fraction of sp³-hybridized carbons (Fsp3) is 0.600. The molecule has 1 aliphatic carbocycles. The molecule has 0 spiro atoms. The summed E-state index contributed by atoms with van der Waals surface area (Å²) < 4.78 is 6.11. The van der Waals surface area contributed by atoms with Crippen LogP contribution in [0.3, 0.4) is 0 Å². The molecule has 1 aromatic rings. The Balaban J connectivity index is 1.94. The highest BCUT2D eigenvalue weighted by molar-refractivity contribution is 5.44. The second-order valence-electron chi connectivity index (χ2n) is 6.17. The molecule has 1 aliphatic heterocycles. The van der Waals surface area contributed by atoms with Gasteiger partial charge in [-0.25, -0.2) is 0 Å². The fourth-order valence-electron chi connectivity index (χ4n) is 2.54. The third kappa shape index (κ3) is 2.19. The molecule has 1 aromatic carbocycles.